The number of hydrogen-bond acceptors (Lipinski definition) is 4. The summed E-state index contributed by atoms with van der Waals surface area (Å²) in [5, 5.41) is 3.48. The molecule has 9 heteroatoms. The molecule has 2 N–H and O–H groups in total. The number of benzene rings is 2. The molecule has 31 heavy (non-hydrogen) atoms. The highest BCUT2D eigenvalue weighted by molar-refractivity contribution is 7.89. The summed E-state index contributed by atoms with van der Waals surface area (Å²) in [5.41, 5.74) is 1.51. The summed E-state index contributed by atoms with van der Waals surface area (Å²) >= 11 is 0. The number of hydrogen-bond donors (Lipinski definition) is 2. The summed E-state index contributed by atoms with van der Waals surface area (Å²) in [6, 6.07) is 13.9. The van der Waals surface area contributed by atoms with Crippen LogP contribution >= 0.6 is 12.4 Å². The van der Waals surface area contributed by atoms with Crippen molar-refractivity contribution in [3.05, 3.63) is 65.5 Å². The number of nitrogens with zero attached hydrogens (tertiary/aromatic N) is 1. The Morgan fingerprint density at radius 2 is 1.97 bits per heavy atom. The van der Waals surface area contributed by atoms with Gasteiger partial charge in [0.05, 0.1) is 12.5 Å². The largest absolute Gasteiger partial charge is 0.338 e. The number of sulfonamides is 1. The summed E-state index contributed by atoms with van der Waals surface area (Å²) in [4.78, 5) is 14.3. The molecule has 170 valence electrons. The molecule has 3 rings (SSSR count). The summed E-state index contributed by atoms with van der Waals surface area (Å²) in [7, 11) is -0.949. The van der Waals surface area contributed by atoms with Crippen molar-refractivity contribution in [3.8, 4) is 0 Å². The highest BCUT2D eigenvalue weighted by Crippen LogP contribution is 2.28. The van der Waals surface area contributed by atoms with Gasteiger partial charge in [-0.3, -0.25) is 4.79 Å². The second-order valence-electron chi connectivity index (χ2n) is 7.61. The summed E-state index contributed by atoms with van der Waals surface area (Å²) in [5.74, 6) is -0.996. The van der Waals surface area contributed by atoms with Crippen molar-refractivity contribution >= 4 is 28.3 Å². The standard InChI is InChI=1S/C22H28FN3O3S.ClH/c1-24-30(28,29)21-13-16(10-11-19(21)23)14-22(27)26(2)20(15-18-9-6-12-25-18)17-7-4-3-5-8-17;/h3-5,7-8,10-11,13,18,20,24-25H,6,9,12,14-15H2,1-2H3;1H. The average Bonchev–Trinajstić information content (AvgIpc) is 3.26. The molecule has 1 amide bonds. The van der Waals surface area contributed by atoms with Crippen LogP contribution in [0.5, 0.6) is 0 Å². The molecule has 0 bridgehead atoms. The zero-order valence-corrected chi connectivity index (χ0v) is 19.3. The van der Waals surface area contributed by atoms with E-state index in [-0.39, 0.29) is 30.8 Å². The van der Waals surface area contributed by atoms with Crippen molar-refractivity contribution in [1.82, 2.24) is 14.9 Å². The third kappa shape index (κ3) is 6.26. The second kappa shape index (κ2) is 11.0. The molecule has 1 aliphatic heterocycles. The number of rotatable bonds is 8. The number of amides is 1. The second-order valence-corrected chi connectivity index (χ2v) is 9.46. The molecule has 2 aromatic carbocycles. The van der Waals surface area contributed by atoms with Gasteiger partial charge in [0.25, 0.3) is 0 Å². The van der Waals surface area contributed by atoms with E-state index in [2.05, 4.69) is 10.0 Å². The SMILES string of the molecule is CNS(=O)(=O)c1cc(CC(=O)N(C)C(CC2CCCN2)c2ccccc2)ccc1F.Cl. The minimum Gasteiger partial charge on any atom is -0.338 e. The molecule has 0 radical (unpaired) electrons. The molecule has 1 fully saturated rings. The van der Waals surface area contributed by atoms with Crippen LogP contribution in [0.2, 0.25) is 0 Å². The van der Waals surface area contributed by atoms with Crippen LogP contribution < -0.4 is 10.0 Å². The van der Waals surface area contributed by atoms with Gasteiger partial charge >= 0.3 is 0 Å². The molecule has 2 aromatic rings. The molecule has 2 unspecified atom stereocenters. The monoisotopic (exact) mass is 469 g/mol. The maximum Gasteiger partial charge on any atom is 0.243 e. The number of nitrogens with one attached hydrogen (secondary N) is 2. The average molecular weight is 470 g/mol. The summed E-state index contributed by atoms with van der Waals surface area (Å²) in [6.07, 6.45) is 3.00. The molecule has 6 nitrogen and oxygen atoms in total. The van der Waals surface area contributed by atoms with Gasteiger partial charge in [0, 0.05) is 13.1 Å². The van der Waals surface area contributed by atoms with E-state index in [0.29, 0.717) is 11.6 Å². The molecule has 0 saturated carbocycles. The van der Waals surface area contributed by atoms with Crippen molar-refractivity contribution < 1.29 is 17.6 Å². The molecule has 1 saturated heterocycles. The van der Waals surface area contributed by atoms with Crippen LogP contribution in [0.25, 0.3) is 0 Å². The number of carbonyl (C=O) groups excluding carboxylic acids is 1. The summed E-state index contributed by atoms with van der Waals surface area (Å²) in [6.45, 7) is 0.988. The highest BCUT2D eigenvalue weighted by Gasteiger charge is 2.27. The Labute approximate surface area is 189 Å². The van der Waals surface area contributed by atoms with Crippen LogP contribution in [-0.4, -0.2) is 45.9 Å². The van der Waals surface area contributed by atoms with E-state index in [1.54, 1.807) is 11.9 Å². The lowest BCUT2D eigenvalue weighted by Gasteiger charge is -2.31. The molecule has 2 atom stereocenters. The van der Waals surface area contributed by atoms with Crippen LogP contribution in [0.15, 0.2) is 53.4 Å². The van der Waals surface area contributed by atoms with Crippen molar-refractivity contribution in [2.24, 2.45) is 0 Å². The fourth-order valence-corrected chi connectivity index (χ4v) is 4.72. The summed E-state index contributed by atoms with van der Waals surface area (Å²) < 4.78 is 40.2. The Morgan fingerprint density at radius 3 is 2.58 bits per heavy atom. The zero-order valence-electron chi connectivity index (χ0n) is 17.7. The first-order valence-corrected chi connectivity index (χ1v) is 11.6. The van der Waals surface area contributed by atoms with E-state index in [0.717, 1.165) is 37.4 Å². The van der Waals surface area contributed by atoms with Crippen LogP contribution in [0.4, 0.5) is 4.39 Å². The van der Waals surface area contributed by atoms with Crippen LogP contribution in [0, 0.1) is 5.82 Å². The maximum atomic E-state index is 14.0. The zero-order chi connectivity index (χ0) is 21.7. The van der Waals surface area contributed by atoms with Crippen molar-refractivity contribution in [1.29, 1.82) is 0 Å². The first kappa shape index (κ1) is 25.3. The predicted octanol–water partition coefficient (Wildman–Crippen LogP) is 3.04. The van der Waals surface area contributed by atoms with Gasteiger partial charge in [0.1, 0.15) is 10.7 Å². The maximum absolute atomic E-state index is 14.0. The van der Waals surface area contributed by atoms with E-state index in [1.165, 1.54) is 19.2 Å². The van der Waals surface area contributed by atoms with Crippen molar-refractivity contribution in [2.45, 2.75) is 42.7 Å². The third-order valence-electron chi connectivity index (χ3n) is 5.62. The minimum absolute atomic E-state index is 0. The topological polar surface area (TPSA) is 78.5 Å². The molecular formula is C22H29ClFN3O3S. The van der Waals surface area contributed by atoms with E-state index >= 15 is 0 Å². The van der Waals surface area contributed by atoms with Gasteiger partial charge in [0.2, 0.25) is 15.9 Å². The van der Waals surface area contributed by atoms with Gasteiger partial charge in [-0.1, -0.05) is 36.4 Å². The molecule has 0 aromatic heterocycles. The Morgan fingerprint density at radius 1 is 1.26 bits per heavy atom. The van der Waals surface area contributed by atoms with Gasteiger partial charge in [-0.15, -0.1) is 12.4 Å². The first-order valence-electron chi connectivity index (χ1n) is 10.1. The Hall–Kier alpha value is -2.00. The molecular weight excluding hydrogens is 441 g/mol. The third-order valence-corrected chi connectivity index (χ3v) is 7.05. The number of carbonyl (C=O) groups is 1. The smallest absolute Gasteiger partial charge is 0.243 e. The predicted molar refractivity (Wildman–Crippen MR) is 121 cm³/mol. The van der Waals surface area contributed by atoms with E-state index < -0.39 is 20.7 Å². The molecule has 0 aliphatic carbocycles. The Kier molecular flexibility index (Phi) is 9.00. The first-order chi connectivity index (χ1) is 14.3. The lowest BCUT2D eigenvalue weighted by atomic mass is 9.96. The van der Waals surface area contributed by atoms with E-state index in [4.69, 9.17) is 0 Å². The van der Waals surface area contributed by atoms with Crippen LogP contribution in [0.1, 0.15) is 36.4 Å². The van der Waals surface area contributed by atoms with Gasteiger partial charge in [-0.05, 0) is 56.1 Å². The molecule has 1 heterocycles. The molecule has 0 spiro atoms. The van der Waals surface area contributed by atoms with Gasteiger partial charge in [0.15, 0.2) is 0 Å². The number of halogens is 2. The quantitative estimate of drug-likeness (QED) is 0.623. The van der Waals surface area contributed by atoms with Crippen LogP contribution in [-0.2, 0) is 21.2 Å². The van der Waals surface area contributed by atoms with Crippen molar-refractivity contribution in [2.75, 3.05) is 20.6 Å². The Bertz CT molecular complexity index is 983. The lowest BCUT2D eigenvalue weighted by Crippen LogP contribution is -2.36. The highest BCUT2D eigenvalue weighted by atomic mass is 35.5. The van der Waals surface area contributed by atoms with Gasteiger partial charge < -0.3 is 10.2 Å². The Balaban J connectivity index is 0.00000341. The lowest BCUT2D eigenvalue weighted by molar-refractivity contribution is -0.131. The van der Waals surface area contributed by atoms with E-state index in [9.17, 15) is 17.6 Å². The molecule has 1 aliphatic rings. The number of likely N-dealkylation sites (N-methyl/N-ethyl adjacent to an activating group) is 1. The van der Waals surface area contributed by atoms with E-state index in [1.807, 2.05) is 30.3 Å². The fourth-order valence-electron chi connectivity index (χ4n) is 3.87. The van der Waals surface area contributed by atoms with Crippen LogP contribution in [0.3, 0.4) is 0 Å². The van der Waals surface area contributed by atoms with Crippen molar-refractivity contribution in [3.63, 3.8) is 0 Å². The minimum atomic E-state index is -3.94. The normalized spacial score (nSPS) is 17.1. The van der Waals surface area contributed by atoms with Gasteiger partial charge in [-0.25, -0.2) is 17.5 Å². The fraction of sp³-hybridized carbons (Fsp3) is 0.409. The van der Waals surface area contributed by atoms with Gasteiger partial charge in [-0.2, -0.15) is 0 Å².